The van der Waals surface area contributed by atoms with Crippen molar-refractivity contribution in [2.45, 2.75) is 72.3 Å². The van der Waals surface area contributed by atoms with Crippen molar-refractivity contribution in [3.05, 3.63) is 0 Å². The predicted octanol–water partition coefficient (Wildman–Crippen LogP) is 4.32. The average molecular weight is 225 g/mol. The molecule has 0 spiro atoms. The highest BCUT2D eigenvalue weighted by atomic mass is 15.2. The van der Waals surface area contributed by atoms with Crippen molar-refractivity contribution in [1.82, 2.24) is 4.90 Å². The van der Waals surface area contributed by atoms with E-state index in [4.69, 9.17) is 0 Å². The van der Waals surface area contributed by atoms with Crippen LogP contribution in [0.5, 0.6) is 0 Å². The van der Waals surface area contributed by atoms with Crippen LogP contribution in [-0.2, 0) is 0 Å². The van der Waals surface area contributed by atoms with Crippen LogP contribution in [0.15, 0.2) is 0 Å². The highest BCUT2D eigenvalue weighted by molar-refractivity contribution is 4.81. The van der Waals surface area contributed by atoms with E-state index >= 15 is 0 Å². The summed E-state index contributed by atoms with van der Waals surface area (Å²) < 4.78 is 0. The summed E-state index contributed by atoms with van der Waals surface area (Å²) in [5.74, 6) is 1.85. The zero-order chi connectivity index (χ0) is 12.0. The standard InChI is InChI=1S/C15H31N/c1-5-7-8-9-13(3)14(4)16-11-10-15(6-2)12-16/h13-15H,5-12H2,1-4H3. The van der Waals surface area contributed by atoms with Gasteiger partial charge in [-0.2, -0.15) is 0 Å². The summed E-state index contributed by atoms with van der Waals surface area (Å²) in [5.41, 5.74) is 0. The summed E-state index contributed by atoms with van der Waals surface area (Å²) in [5, 5.41) is 0. The molecule has 1 aliphatic rings. The Morgan fingerprint density at radius 1 is 1.19 bits per heavy atom. The van der Waals surface area contributed by atoms with Crippen LogP contribution in [-0.4, -0.2) is 24.0 Å². The van der Waals surface area contributed by atoms with Crippen LogP contribution in [0.25, 0.3) is 0 Å². The fraction of sp³-hybridized carbons (Fsp3) is 1.00. The molecule has 0 aromatic heterocycles. The number of hydrogen-bond acceptors (Lipinski definition) is 1. The third-order valence-corrected chi connectivity index (χ3v) is 4.56. The van der Waals surface area contributed by atoms with Crippen molar-refractivity contribution >= 4 is 0 Å². The Labute approximate surface area is 103 Å². The van der Waals surface area contributed by atoms with Crippen molar-refractivity contribution in [3.63, 3.8) is 0 Å². The Morgan fingerprint density at radius 2 is 1.94 bits per heavy atom. The van der Waals surface area contributed by atoms with Gasteiger partial charge in [-0.3, -0.25) is 0 Å². The molecular weight excluding hydrogens is 194 g/mol. The Balaban J connectivity index is 2.25. The Bertz CT molecular complexity index is 178. The van der Waals surface area contributed by atoms with Gasteiger partial charge in [-0.1, -0.05) is 46.5 Å². The smallest absolute Gasteiger partial charge is 0.00926 e. The van der Waals surface area contributed by atoms with Crippen LogP contribution in [0.4, 0.5) is 0 Å². The lowest BCUT2D eigenvalue weighted by atomic mass is 9.95. The molecule has 1 aliphatic heterocycles. The van der Waals surface area contributed by atoms with E-state index in [1.165, 1.54) is 51.6 Å². The maximum absolute atomic E-state index is 2.73. The fourth-order valence-corrected chi connectivity index (χ4v) is 2.88. The zero-order valence-electron chi connectivity index (χ0n) is 11.8. The summed E-state index contributed by atoms with van der Waals surface area (Å²) in [7, 11) is 0. The van der Waals surface area contributed by atoms with Crippen LogP contribution < -0.4 is 0 Å². The van der Waals surface area contributed by atoms with E-state index in [0.29, 0.717) is 0 Å². The SMILES string of the molecule is CCCCCC(C)C(C)N1CCC(CC)C1. The first kappa shape index (κ1) is 14.0. The topological polar surface area (TPSA) is 3.24 Å². The molecule has 0 N–H and O–H groups in total. The largest absolute Gasteiger partial charge is 0.300 e. The van der Waals surface area contributed by atoms with Crippen molar-refractivity contribution in [2.24, 2.45) is 11.8 Å². The van der Waals surface area contributed by atoms with Gasteiger partial charge in [0.2, 0.25) is 0 Å². The summed E-state index contributed by atoms with van der Waals surface area (Å²) >= 11 is 0. The molecule has 0 aromatic rings. The molecule has 0 radical (unpaired) electrons. The first-order valence-electron chi connectivity index (χ1n) is 7.43. The average Bonchev–Trinajstić information content (AvgIpc) is 2.76. The maximum atomic E-state index is 2.73. The molecule has 1 heteroatoms. The molecule has 1 nitrogen and oxygen atoms in total. The summed E-state index contributed by atoms with van der Waals surface area (Å²) in [6, 6.07) is 0.799. The highest BCUT2D eigenvalue weighted by Crippen LogP contribution is 2.25. The van der Waals surface area contributed by atoms with E-state index in [1.807, 2.05) is 0 Å². The van der Waals surface area contributed by atoms with Gasteiger partial charge in [0.25, 0.3) is 0 Å². The van der Waals surface area contributed by atoms with Crippen molar-refractivity contribution in [1.29, 1.82) is 0 Å². The first-order valence-corrected chi connectivity index (χ1v) is 7.43. The number of rotatable bonds is 7. The second-order valence-electron chi connectivity index (χ2n) is 5.77. The van der Waals surface area contributed by atoms with E-state index in [2.05, 4.69) is 32.6 Å². The van der Waals surface area contributed by atoms with E-state index in [0.717, 1.165) is 17.9 Å². The van der Waals surface area contributed by atoms with Crippen LogP contribution >= 0.6 is 0 Å². The van der Waals surface area contributed by atoms with Gasteiger partial charge < -0.3 is 4.90 Å². The Kier molecular flexibility index (Phi) is 6.41. The van der Waals surface area contributed by atoms with Gasteiger partial charge >= 0.3 is 0 Å². The number of unbranched alkanes of at least 4 members (excludes halogenated alkanes) is 2. The molecular formula is C15H31N. The molecule has 1 fully saturated rings. The first-order chi connectivity index (χ1) is 7.69. The molecule has 0 aromatic carbocycles. The summed E-state index contributed by atoms with van der Waals surface area (Å²) in [4.78, 5) is 2.73. The number of hydrogen-bond donors (Lipinski definition) is 0. The molecule has 0 saturated carbocycles. The van der Waals surface area contributed by atoms with Crippen molar-refractivity contribution in [2.75, 3.05) is 13.1 Å². The molecule has 0 aliphatic carbocycles. The highest BCUT2D eigenvalue weighted by Gasteiger charge is 2.27. The molecule has 3 atom stereocenters. The third kappa shape index (κ3) is 4.08. The van der Waals surface area contributed by atoms with Gasteiger partial charge in [-0.15, -0.1) is 0 Å². The normalized spacial score (nSPS) is 25.9. The van der Waals surface area contributed by atoms with E-state index < -0.39 is 0 Å². The minimum Gasteiger partial charge on any atom is -0.300 e. The second kappa shape index (κ2) is 7.32. The van der Waals surface area contributed by atoms with E-state index in [1.54, 1.807) is 0 Å². The Morgan fingerprint density at radius 3 is 2.50 bits per heavy atom. The van der Waals surface area contributed by atoms with Gasteiger partial charge in [0, 0.05) is 12.6 Å². The van der Waals surface area contributed by atoms with Gasteiger partial charge in [0.1, 0.15) is 0 Å². The van der Waals surface area contributed by atoms with Crippen molar-refractivity contribution < 1.29 is 0 Å². The van der Waals surface area contributed by atoms with Crippen molar-refractivity contribution in [3.8, 4) is 0 Å². The van der Waals surface area contributed by atoms with Crippen LogP contribution in [0.1, 0.15) is 66.2 Å². The molecule has 1 saturated heterocycles. The lowest BCUT2D eigenvalue weighted by molar-refractivity contribution is 0.183. The van der Waals surface area contributed by atoms with Gasteiger partial charge in [0.15, 0.2) is 0 Å². The van der Waals surface area contributed by atoms with E-state index in [9.17, 15) is 0 Å². The molecule has 1 rings (SSSR count). The fourth-order valence-electron chi connectivity index (χ4n) is 2.88. The summed E-state index contributed by atoms with van der Waals surface area (Å²) in [6.07, 6.45) is 8.41. The molecule has 0 amide bonds. The van der Waals surface area contributed by atoms with Gasteiger partial charge in [0.05, 0.1) is 0 Å². The van der Waals surface area contributed by atoms with E-state index in [-0.39, 0.29) is 0 Å². The molecule has 16 heavy (non-hydrogen) atoms. The monoisotopic (exact) mass is 225 g/mol. The maximum Gasteiger partial charge on any atom is 0.00926 e. The molecule has 1 heterocycles. The quantitative estimate of drug-likeness (QED) is 0.583. The lowest BCUT2D eigenvalue weighted by Gasteiger charge is -2.29. The van der Waals surface area contributed by atoms with Gasteiger partial charge in [-0.25, -0.2) is 0 Å². The minimum atomic E-state index is 0.799. The summed E-state index contributed by atoms with van der Waals surface area (Å²) in [6.45, 7) is 12.2. The Hall–Kier alpha value is -0.0400. The third-order valence-electron chi connectivity index (χ3n) is 4.56. The lowest BCUT2D eigenvalue weighted by Crippen LogP contribution is -2.35. The molecule has 0 bridgehead atoms. The predicted molar refractivity (Wildman–Crippen MR) is 72.7 cm³/mol. The zero-order valence-corrected chi connectivity index (χ0v) is 11.8. The van der Waals surface area contributed by atoms with Crippen LogP contribution in [0, 0.1) is 11.8 Å². The second-order valence-corrected chi connectivity index (χ2v) is 5.77. The number of nitrogens with zero attached hydrogens (tertiary/aromatic N) is 1. The number of likely N-dealkylation sites (tertiary alicyclic amines) is 1. The van der Waals surface area contributed by atoms with Gasteiger partial charge in [-0.05, 0) is 38.1 Å². The van der Waals surface area contributed by atoms with Crippen LogP contribution in [0.2, 0.25) is 0 Å². The molecule has 96 valence electrons. The molecule has 3 unspecified atom stereocenters. The minimum absolute atomic E-state index is 0.799. The van der Waals surface area contributed by atoms with Crippen LogP contribution in [0.3, 0.4) is 0 Å².